The molecule has 0 saturated heterocycles. The summed E-state index contributed by atoms with van der Waals surface area (Å²) in [5.74, 6) is 0.769. The van der Waals surface area contributed by atoms with Crippen molar-refractivity contribution in [2.75, 3.05) is 11.2 Å². The molecular weight excluding hydrogens is 166 g/mol. The third-order valence-corrected chi connectivity index (χ3v) is 1.87. The number of anilines is 2. The first-order valence-corrected chi connectivity index (χ1v) is 3.86. The van der Waals surface area contributed by atoms with Crippen molar-refractivity contribution in [3.63, 3.8) is 0 Å². The minimum atomic E-state index is 0.384. The lowest BCUT2D eigenvalue weighted by atomic mass is 10.1. The van der Waals surface area contributed by atoms with E-state index in [0.29, 0.717) is 11.6 Å². The maximum absolute atomic E-state index is 8.79. The van der Waals surface area contributed by atoms with E-state index in [4.69, 9.17) is 10.9 Å². The second-order valence-electron chi connectivity index (χ2n) is 2.73. The first-order chi connectivity index (χ1) is 6.31. The molecule has 0 spiro atoms. The van der Waals surface area contributed by atoms with Gasteiger partial charge in [-0.3, -0.25) is 10.7 Å². The van der Waals surface area contributed by atoms with Gasteiger partial charge in [0.2, 0.25) is 0 Å². The van der Waals surface area contributed by atoms with Gasteiger partial charge in [-0.1, -0.05) is 24.3 Å². The first kappa shape index (κ1) is 7.82. The topological polar surface area (TPSA) is 71.2 Å². The maximum Gasteiger partial charge on any atom is 0.159 e. The van der Waals surface area contributed by atoms with Crippen LogP contribution in [0.1, 0.15) is 0 Å². The summed E-state index contributed by atoms with van der Waals surface area (Å²) in [5.41, 5.74) is 7.56. The van der Waals surface area contributed by atoms with E-state index in [1.807, 2.05) is 29.7 Å². The van der Waals surface area contributed by atoms with Crippen LogP contribution < -0.4 is 11.2 Å². The summed E-state index contributed by atoms with van der Waals surface area (Å²) >= 11 is 0. The molecular formula is C9H9N3O. The molecule has 0 bridgehead atoms. The van der Waals surface area contributed by atoms with Gasteiger partial charge in [-0.2, -0.15) is 0 Å². The van der Waals surface area contributed by atoms with Crippen molar-refractivity contribution in [2.45, 2.75) is 0 Å². The lowest BCUT2D eigenvalue weighted by molar-refractivity contribution is 0.387. The molecule has 4 nitrogen and oxygen atoms in total. The minimum absolute atomic E-state index is 0.384. The highest BCUT2D eigenvalue weighted by atomic mass is 16.5. The van der Waals surface area contributed by atoms with E-state index in [-0.39, 0.29) is 0 Å². The lowest BCUT2D eigenvalue weighted by Gasteiger charge is -2.04. The molecule has 1 aromatic heterocycles. The molecule has 1 heterocycles. The number of aromatic nitrogens is 1. The fraction of sp³-hybridized carbons (Fsp3) is 0. The number of rotatable bonds is 1. The average molecular weight is 175 g/mol. The summed E-state index contributed by atoms with van der Waals surface area (Å²) < 4.78 is 0. The van der Waals surface area contributed by atoms with Crippen molar-refractivity contribution in [1.82, 2.24) is 4.98 Å². The molecule has 0 fully saturated rings. The number of nitrogens with zero attached hydrogens (tertiary/aromatic N) is 1. The third-order valence-electron chi connectivity index (χ3n) is 1.87. The molecule has 2 rings (SSSR count). The Balaban J connectivity index is 2.81. The quantitative estimate of drug-likeness (QED) is 0.576. The van der Waals surface area contributed by atoms with Crippen LogP contribution in [0, 0.1) is 0 Å². The van der Waals surface area contributed by atoms with E-state index >= 15 is 0 Å². The monoisotopic (exact) mass is 175 g/mol. The Morgan fingerprint density at radius 1 is 1.31 bits per heavy atom. The largest absolute Gasteiger partial charge is 0.384 e. The highest BCUT2D eigenvalue weighted by Crippen LogP contribution is 2.22. The summed E-state index contributed by atoms with van der Waals surface area (Å²) in [6, 6.07) is 9.31. The van der Waals surface area contributed by atoms with Gasteiger partial charge in [-0.15, -0.1) is 0 Å². The molecule has 4 heteroatoms. The van der Waals surface area contributed by atoms with E-state index < -0.39 is 0 Å². The molecule has 0 radical (unpaired) electrons. The smallest absolute Gasteiger partial charge is 0.159 e. The number of hydrogen-bond acceptors (Lipinski definition) is 4. The first-order valence-electron chi connectivity index (χ1n) is 3.86. The second kappa shape index (κ2) is 2.91. The molecule has 66 valence electrons. The number of pyridine rings is 1. The number of hydrogen-bond donors (Lipinski definition) is 3. The molecule has 0 aliphatic carbocycles. The van der Waals surface area contributed by atoms with E-state index in [0.717, 1.165) is 10.8 Å². The number of nitrogens with one attached hydrogen (secondary N) is 1. The standard InChI is InChI=1S/C9H9N3O/c10-8-5-6-3-1-2-4-7(6)9(11-8)12-13/h1-5,13H,(H3,10,11,12). The maximum atomic E-state index is 8.79. The van der Waals surface area contributed by atoms with Crippen molar-refractivity contribution in [2.24, 2.45) is 0 Å². The van der Waals surface area contributed by atoms with Gasteiger partial charge in [0.15, 0.2) is 5.82 Å². The van der Waals surface area contributed by atoms with Crippen LogP contribution in [0.25, 0.3) is 10.8 Å². The third kappa shape index (κ3) is 1.27. The van der Waals surface area contributed by atoms with Gasteiger partial charge in [0, 0.05) is 5.39 Å². The number of benzene rings is 1. The van der Waals surface area contributed by atoms with Crippen molar-refractivity contribution in [3.05, 3.63) is 30.3 Å². The average Bonchev–Trinajstić information content (AvgIpc) is 2.16. The highest BCUT2D eigenvalue weighted by molar-refractivity contribution is 5.93. The zero-order valence-corrected chi connectivity index (χ0v) is 6.86. The van der Waals surface area contributed by atoms with Gasteiger partial charge in [-0.25, -0.2) is 4.98 Å². The Labute approximate surface area is 75.0 Å². The Hall–Kier alpha value is -1.81. The van der Waals surface area contributed by atoms with Gasteiger partial charge >= 0.3 is 0 Å². The number of nitrogens with two attached hydrogens (primary N) is 1. The highest BCUT2D eigenvalue weighted by Gasteiger charge is 2.01. The normalized spacial score (nSPS) is 10.2. The van der Waals surface area contributed by atoms with Crippen molar-refractivity contribution >= 4 is 22.4 Å². The SMILES string of the molecule is Nc1cc2ccccc2c(NO)n1. The van der Waals surface area contributed by atoms with Crippen LogP contribution in [-0.2, 0) is 0 Å². The summed E-state index contributed by atoms with van der Waals surface area (Å²) in [6.45, 7) is 0. The van der Waals surface area contributed by atoms with E-state index in [9.17, 15) is 0 Å². The Morgan fingerprint density at radius 3 is 2.85 bits per heavy atom. The second-order valence-corrected chi connectivity index (χ2v) is 2.73. The van der Waals surface area contributed by atoms with E-state index in [1.165, 1.54) is 0 Å². The molecule has 0 aliphatic rings. The Bertz CT molecular complexity index is 442. The zero-order chi connectivity index (χ0) is 9.26. The summed E-state index contributed by atoms with van der Waals surface area (Å²) in [4.78, 5) is 3.94. The van der Waals surface area contributed by atoms with Crippen molar-refractivity contribution in [1.29, 1.82) is 0 Å². The summed E-state index contributed by atoms with van der Waals surface area (Å²) in [6.07, 6.45) is 0. The van der Waals surface area contributed by atoms with Crippen LogP contribution in [0.4, 0.5) is 11.6 Å². The molecule has 2 aromatic rings. The fourth-order valence-corrected chi connectivity index (χ4v) is 1.30. The molecule has 13 heavy (non-hydrogen) atoms. The molecule has 0 saturated carbocycles. The number of nitrogen functional groups attached to an aromatic ring is 1. The fourth-order valence-electron chi connectivity index (χ4n) is 1.30. The van der Waals surface area contributed by atoms with Crippen LogP contribution in [-0.4, -0.2) is 10.2 Å². The van der Waals surface area contributed by atoms with Crippen LogP contribution in [0.2, 0.25) is 0 Å². The molecule has 4 N–H and O–H groups in total. The van der Waals surface area contributed by atoms with Crippen LogP contribution in [0.3, 0.4) is 0 Å². The summed E-state index contributed by atoms with van der Waals surface area (Å²) in [7, 11) is 0. The van der Waals surface area contributed by atoms with E-state index in [1.54, 1.807) is 6.07 Å². The van der Waals surface area contributed by atoms with Gasteiger partial charge in [0.05, 0.1) is 0 Å². The minimum Gasteiger partial charge on any atom is -0.384 e. The van der Waals surface area contributed by atoms with Crippen molar-refractivity contribution in [3.8, 4) is 0 Å². The predicted octanol–water partition coefficient (Wildman–Crippen LogP) is 1.62. The van der Waals surface area contributed by atoms with Crippen molar-refractivity contribution < 1.29 is 5.21 Å². The number of fused-ring (bicyclic) bond motifs is 1. The predicted molar refractivity (Wildman–Crippen MR) is 51.6 cm³/mol. The zero-order valence-electron chi connectivity index (χ0n) is 6.86. The Morgan fingerprint density at radius 2 is 2.08 bits per heavy atom. The lowest BCUT2D eigenvalue weighted by Crippen LogP contribution is -1.98. The van der Waals surface area contributed by atoms with Gasteiger partial charge in [0.25, 0.3) is 0 Å². The molecule has 1 aromatic carbocycles. The van der Waals surface area contributed by atoms with E-state index in [2.05, 4.69) is 4.98 Å². The van der Waals surface area contributed by atoms with Gasteiger partial charge in [0.1, 0.15) is 5.82 Å². The molecule has 0 aliphatic heterocycles. The molecule has 0 atom stereocenters. The summed E-state index contributed by atoms with van der Waals surface area (Å²) in [5, 5.41) is 10.6. The molecule has 0 unspecified atom stereocenters. The van der Waals surface area contributed by atoms with Crippen LogP contribution in [0.5, 0.6) is 0 Å². The van der Waals surface area contributed by atoms with Gasteiger partial charge < -0.3 is 5.73 Å². The van der Waals surface area contributed by atoms with Crippen LogP contribution in [0.15, 0.2) is 30.3 Å². The molecule has 0 amide bonds. The van der Waals surface area contributed by atoms with Crippen LogP contribution >= 0.6 is 0 Å². The van der Waals surface area contributed by atoms with Gasteiger partial charge in [-0.05, 0) is 11.5 Å². The Kier molecular flexibility index (Phi) is 1.75.